The molecule has 0 aliphatic heterocycles. The number of benzene rings is 2. The normalized spacial score (nSPS) is 10.4. The quantitative estimate of drug-likeness (QED) is 0.921. The van der Waals surface area contributed by atoms with Gasteiger partial charge in [-0.15, -0.1) is 0 Å². The highest BCUT2D eigenvalue weighted by molar-refractivity contribution is 6.34. The predicted molar refractivity (Wildman–Crippen MR) is 86.4 cm³/mol. The molecule has 3 nitrogen and oxygen atoms in total. The van der Waals surface area contributed by atoms with E-state index in [0.717, 1.165) is 11.1 Å². The van der Waals surface area contributed by atoms with Crippen LogP contribution in [-0.2, 0) is 6.54 Å². The number of hydrogen-bond acceptors (Lipinski definition) is 2. The smallest absolute Gasteiger partial charge is 0.255 e. The fourth-order valence-electron chi connectivity index (χ4n) is 2.19. The largest absolute Gasteiger partial charge is 0.333 e. The molecule has 1 amide bonds. The van der Waals surface area contributed by atoms with Crippen molar-refractivity contribution in [2.24, 2.45) is 5.73 Å². The number of amides is 1. The first-order valence-corrected chi connectivity index (χ1v) is 7.29. The summed E-state index contributed by atoms with van der Waals surface area (Å²) in [5.41, 5.74) is 8.14. The second kappa shape index (κ2) is 7.25. The second-order valence-corrected chi connectivity index (χ2v) is 5.32. The van der Waals surface area contributed by atoms with E-state index in [4.69, 9.17) is 17.3 Å². The van der Waals surface area contributed by atoms with E-state index in [9.17, 15) is 4.79 Å². The lowest BCUT2D eigenvalue weighted by Gasteiger charge is -2.23. The van der Waals surface area contributed by atoms with Crippen molar-refractivity contribution in [2.45, 2.75) is 13.5 Å². The van der Waals surface area contributed by atoms with Gasteiger partial charge in [-0.25, -0.2) is 0 Å². The van der Waals surface area contributed by atoms with Crippen LogP contribution in [0.1, 0.15) is 21.5 Å². The average Bonchev–Trinajstić information content (AvgIpc) is 2.50. The van der Waals surface area contributed by atoms with Crippen molar-refractivity contribution in [3.05, 3.63) is 70.2 Å². The standard InChI is InChI=1S/C17H19ClN2O/c1-13-6-5-9-15(16(13)18)17(21)20(11-10-19)12-14-7-3-2-4-8-14/h2-9H,10-12,19H2,1H3. The lowest BCUT2D eigenvalue weighted by molar-refractivity contribution is 0.0748. The third kappa shape index (κ3) is 3.84. The summed E-state index contributed by atoms with van der Waals surface area (Å²) < 4.78 is 0. The third-order valence-corrected chi connectivity index (χ3v) is 3.83. The van der Waals surface area contributed by atoms with Gasteiger partial charge in [-0.1, -0.05) is 54.1 Å². The van der Waals surface area contributed by atoms with Gasteiger partial charge in [0.25, 0.3) is 5.91 Å². The van der Waals surface area contributed by atoms with Crippen molar-refractivity contribution in [3.8, 4) is 0 Å². The summed E-state index contributed by atoms with van der Waals surface area (Å²) in [7, 11) is 0. The summed E-state index contributed by atoms with van der Waals surface area (Å²) in [5, 5.41) is 0.512. The van der Waals surface area contributed by atoms with Gasteiger partial charge in [0, 0.05) is 19.6 Å². The molecule has 0 fully saturated rings. The zero-order chi connectivity index (χ0) is 15.2. The molecule has 0 aliphatic carbocycles. The minimum atomic E-state index is -0.0852. The fourth-order valence-corrected chi connectivity index (χ4v) is 2.40. The van der Waals surface area contributed by atoms with Gasteiger partial charge in [0.15, 0.2) is 0 Å². The Balaban J connectivity index is 2.25. The average molecular weight is 303 g/mol. The Morgan fingerprint density at radius 3 is 2.52 bits per heavy atom. The Bertz CT molecular complexity index is 613. The van der Waals surface area contributed by atoms with Crippen LogP contribution in [0.25, 0.3) is 0 Å². The molecule has 0 atom stereocenters. The summed E-state index contributed by atoms with van der Waals surface area (Å²) in [6.45, 7) is 3.34. The van der Waals surface area contributed by atoms with Crippen LogP contribution in [0.3, 0.4) is 0 Å². The molecule has 0 spiro atoms. The molecule has 0 bridgehead atoms. The molecule has 0 heterocycles. The zero-order valence-corrected chi connectivity index (χ0v) is 12.8. The lowest BCUT2D eigenvalue weighted by Crippen LogP contribution is -2.35. The van der Waals surface area contributed by atoms with Crippen molar-refractivity contribution in [3.63, 3.8) is 0 Å². The molecular weight excluding hydrogens is 284 g/mol. The number of carbonyl (C=O) groups is 1. The van der Waals surface area contributed by atoms with Gasteiger partial charge in [-0.2, -0.15) is 0 Å². The predicted octanol–water partition coefficient (Wildman–Crippen LogP) is 3.25. The zero-order valence-electron chi connectivity index (χ0n) is 12.1. The topological polar surface area (TPSA) is 46.3 Å². The van der Waals surface area contributed by atoms with E-state index in [1.807, 2.05) is 49.4 Å². The number of hydrogen-bond donors (Lipinski definition) is 1. The van der Waals surface area contributed by atoms with Gasteiger partial charge >= 0.3 is 0 Å². The van der Waals surface area contributed by atoms with Crippen LogP contribution in [0.5, 0.6) is 0 Å². The molecule has 0 aromatic heterocycles. The third-order valence-electron chi connectivity index (χ3n) is 3.32. The fraction of sp³-hybridized carbons (Fsp3) is 0.235. The maximum absolute atomic E-state index is 12.7. The van der Waals surface area contributed by atoms with E-state index in [0.29, 0.717) is 30.2 Å². The van der Waals surface area contributed by atoms with Crippen molar-refractivity contribution in [1.29, 1.82) is 0 Å². The summed E-state index contributed by atoms with van der Waals surface area (Å²) in [5.74, 6) is -0.0852. The van der Waals surface area contributed by atoms with Crippen molar-refractivity contribution >= 4 is 17.5 Å². The van der Waals surface area contributed by atoms with Crippen LogP contribution in [0.2, 0.25) is 5.02 Å². The Kier molecular flexibility index (Phi) is 5.37. The Morgan fingerprint density at radius 2 is 1.86 bits per heavy atom. The van der Waals surface area contributed by atoms with Crippen molar-refractivity contribution in [2.75, 3.05) is 13.1 Å². The molecule has 2 rings (SSSR count). The van der Waals surface area contributed by atoms with Gasteiger partial charge in [0.1, 0.15) is 0 Å². The van der Waals surface area contributed by atoms with E-state index < -0.39 is 0 Å². The van der Waals surface area contributed by atoms with Gasteiger partial charge in [-0.3, -0.25) is 4.79 Å². The first-order chi connectivity index (χ1) is 10.1. The molecule has 2 aromatic carbocycles. The molecule has 2 N–H and O–H groups in total. The summed E-state index contributed by atoms with van der Waals surface area (Å²) in [6, 6.07) is 15.4. The van der Waals surface area contributed by atoms with Crippen molar-refractivity contribution < 1.29 is 4.79 Å². The molecule has 0 radical (unpaired) electrons. The highest BCUT2D eigenvalue weighted by Crippen LogP contribution is 2.22. The molecule has 0 unspecified atom stereocenters. The van der Waals surface area contributed by atoms with E-state index in [1.165, 1.54) is 0 Å². The first-order valence-electron chi connectivity index (χ1n) is 6.92. The van der Waals surface area contributed by atoms with Crippen LogP contribution in [0, 0.1) is 6.92 Å². The molecule has 2 aromatic rings. The Morgan fingerprint density at radius 1 is 1.14 bits per heavy atom. The maximum Gasteiger partial charge on any atom is 0.255 e. The van der Waals surface area contributed by atoms with Crippen LogP contribution < -0.4 is 5.73 Å². The minimum Gasteiger partial charge on any atom is -0.333 e. The van der Waals surface area contributed by atoms with Crippen LogP contribution >= 0.6 is 11.6 Å². The molecule has 0 aliphatic rings. The second-order valence-electron chi connectivity index (χ2n) is 4.94. The van der Waals surface area contributed by atoms with E-state index in [2.05, 4.69) is 0 Å². The first kappa shape index (κ1) is 15.5. The van der Waals surface area contributed by atoms with Gasteiger partial charge in [0.05, 0.1) is 10.6 Å². The van der Waals surface area contributed by atoms with E-state index in [1.54, 1.807) is 11.0 Å². The van der Waals surface area contributed by atoms with Gasteiger partial charge in [0.2, 0.25) is 0 Å². The molecule has 0 saturated heterocycles. The molecule has 0 saturated carbocycles. The number of aryl methyl sites for hydroxylation is 1. The molecule has 110 valence electrons. The molecule has 4 heteroatoms. The summed E-state index contributed by atoms with van der Waals surface area (Å²) >= 11 is 6.26. The number of rotatable bonds is 5. The van der Waals surface area contributed by atoms with Crippen LogP contribution in [0.15, 0.2) is 48.5 Å². The van der Waals surface area contributed by atoms with E-state index >= 15 is 0 Å². The highest BCUT2D eigenvalue weighted by atomic mass is 35.5. The van der Waals surface area contributed by atoms with Gasteiger partial charge in [-0.05, 0) is 24.1 Å². The highest BCUT2D eigenvalue weighted by Gasteiger charge is 2.18. The molecule has 21 heavy (non-hydrogen) atoms. The number of nitrogens with zero attached hydrogens (tertiary/aromatic N) is 1. The Labute approximate surface area is 130 Å². The maximum atomic E-state index is 12.7. The minimum absolute atomic E-state index is 0.0852. The summed E-state index contributed by atoms with van der Waals surface area (Å²) in [4.78, 5) is 14.4. The number of halogens is 1. The number of nitrogens with two attached hydrogens (primary N) is 1. The van der Waals surface area contributed by atoms with Gasteiger partial charge < -0.3 is 10.6 Å². The van der Waals surface area contributed by atoms with Crippen molar-refractivity contribution in [1.82, 2.24) is 4.90 Å². The van der Waals surface area contributed by atoms with E-state index in [-0.39, 0.29) is 5.91 Å². The van der Waals surface area contributed by atoms with Crippen LogP contribution in [0.4, 0.5) is 0 Å². The Hall–Kier alpha value is -1.84. The summed E-state index contributed by atoms with van der Waals surface area (Å²) in [6.07, 6.45) is 0. The number of carbonyl (C=O) groups excluding carboxylic acids is 1. The molecular formula is C17H19ClN2O. The lowest BCUT2D eigenvalue weighted by atomic mass is 10.1. The SMILES string of the molecule is Cc1cccc(C(=O)N(CCN)Cc2ccccc2)c1Cl. The van der Waals surface area contributed by atoms with Crippen LogP contribution in [-0.4, -0.2) is 23.9 Å². The monoisotopic (exact) mass is 302 g/mol.